The van der Waals surface area contributed by atoms with Crippen molar-refractivity contribution in [1.29, 1.82) is 0 Å². The fraction of sp³-hybridized carbons (Fsp3) is 1.00. The van der Waals surface area contributed by atoms with E-state index in [-0.39, 0.29) is 0 Å². The molecule has 82 valence electrons. The molecule has 0 rings (SSSR count). The Morgan fingerprint density at radius 1 is 0.769 bits per heavy atom. The van der Waals surface area contributed by atoms with Crippen LogP contribution in [-0.2, 0) is 0 Å². The molecule has 0 unspecified atom stereocenters. The van der Waals surface area contributed by atoms with Gasteiger partial charge in [-0.05, 0) is 0 Å². The third-order valence-corrected chi connectivity index (χ3v) is 0.575. The Kier molecular flexibility index (Phi) is 6.96. The Labute approximate surface area is 69.8 Å². The van der Waals surface area contributed by atoms with E-state index < -0.39 is 32.0 Å². The molecule has 2 N–H and O–H groups in total. The molecule has 13 heavy (non-hydrogen) atoms. The van der Waals surface area contributed by atoms with Gasteiger partial charge in [-0.2, -0.15) is 26.3 Å². The van der Waals surface area contributed by atoms with Gasteiger partial charge in [0.1, 0.15) is 6.61 Å². The van der Waals surface area contributed by atoms with E-state index in [0.29, 0.717) is 0 Å². The number of alkyl halides is 6. The molecule has 0 spiro atoms. The Morgan fingerprint density at radius 3 is 1.08 bits per heavy atom. The minimum absolute atomic E-state index is 0.816. The standard InChI is InChI=1S/C3H5F3O.C2H3F3O/c4-3(5,6)1-2-7;3-2(4,5)1-6/h7H,1-2H2;6H,1H2. The zero-order valence-electron chi connectivity index (χ0n) is 6.28. The van der Waals surface area contributed by atoms with E-state index in [9.17, 15) is 26.3 Å². The number of aliphatic hydroxyl groups excluding tert-OH is 2. The summed E-state index contributed by atoms with van der Waals surface area (Å²) < 4.78 is 64.3. The molecule has 0 amide bonds. The van der Waals surface area contributed by atoms with E-state index in [2.05, 4.69) is 0 Å². The van der Waals surface area contributed by atoms with Crippen molar-refractivity contribution in [3.8, 4) is 0 Å². The molecular weight excluding hydrogens is 206 g/mol. The first-order valence-corrected chi connectivity index (χ1v) is 2.97. The molecule has 0 fully saturated rings. The first-order valence-electron chi connectivity index (χ1n) is 2.97. The summed E-state index contributed by atoms with van der Waals surface area (Å²) in [7, 11) is 0. The van der Waals surface area contributed by atoms with Crippen LogP contribution >= 0.6 is 0 Å². The fourth-order valence-electron chi connectivity index (χ4n) is 0.127. The molecule has 0 atom stereocenters. The van der Waals surface area contributed by atoms with Crippen molar-refractivity contribution < 1.29 is 36.6 Å². The highest BCUT2D eigenvalue weighted by Gasteiger charge is 2.25. The highest BCUT2D eigenvalue weighted by Crippen LogP contribution is 2.17. The van der Waals surface area contributed by atoms with Crippen LogP contribution in [0, 0.1) is 0 Å². The lowest BCUT2D eigenvalue weighted by molar-refractivity contribution is -0.159. The van der Waals surface area contributed by atoms with Gasteiger partial charge in [0.25, 0.3) is 0 Å². The van der Waals surface area contributed by atoms with Crippen molar-refractivity contribution >= 4 is 0 Å². The monoisotopic (exact) mass is 214 g/mol. The van der Waals surface area contributed by atoms with E-state index >= 15 is 0 Å². The molecule has 0 aromatic rings. The predicted octanol–water partition coefficient (Wildman–Crippen LogP) is 1.47. The van der Waals surface area contributed by atoms with Gasteiger partial charge in [0, 0.05) is 0 Å². The van der Waals surface area contributed by atoms with Gasteiger partial charge in [-0.25, -0.2) is 0 Å². The van der Waals surface area contributed by atoms with Gasteiger partial charge in [0.05, 0.1) is 13.0 Å². The van der Waals surface area contributed by atoms with Gasteiger partial charge in [-0.1, -0.05) is 0 Å². The molecule has 0 aliphatic carbocycles. The van der Waals surface area contributed by atoms with Crippen molar-refractivity contribution in [1.82, 2.24) is 0 Å². The van der Waals surface area contributed by atoms with Gasteiger partial charge < -0.3 is 10.2 Å². The molecule has 0 aliphatic rings. The molecule has 0 saturated heterocycles. The first kappa shape index (κ1) is 15.0. The number of aliphatic hydroxyl groups is 2. The molecule has 0 heterocycles. The molecule has 0 aromatic heterocycles. The maximum Gasteiger partial charge on any atom is 0.411 e. The topological polar surface area (TPSA) is 40.5 Å². The molecule has 0 bridgehead atoms. The third-order valence-electron chi connectivity index (χ3n) is 0.575. The molecular formula is C5H8F6O2. The van der Waals surface area contributed by atoms with Gasteiger partial charge >= 0.3 is 12.4 Å². The predicted molar refractivity (Wildman–Crippen MR) is 30.9 cm³/mol. The maximum absolute atomic E-state index is 10.9. The largest absolute Gasteiger partial charge is 0.411 e. The van der Waals surface area contributed by atoms with Gasteiger partial charge in [-0.15, -0.1) is 0 Å². The van der Waals surface area contributed by atoms with Crippen molar-refractivity contribution in [2.24, 2.45) is 0 Å². The van der Waals surface area contributed by atoms with Crippen LogP contribution < -0.4 is 0 Å². The maximum atomic E-state index is 10.9. The summed E-state index contributed by atoms with van der Waals surface area (Å²) in [6, 6.07) is 0. The van der Waals surface area contributed by atoms with Crippen LogP contribution in [0.5, 0.6) is 0 Å². The van der Waals surface area contributed by atoms with Gasteiger partial charge in [-0.3, -0.25) is 0 Å². The smallest absolute Gasteiger partial charge is 0.396 e. The van der Waals surface area contributed by atoms with Crippen molar-refractivity contribution in [3.05, 3.63) is 0 Å². The van der Waals surface area contributed by atoms with Crippen LogP contribution in [0.2, 0.25) is 0 Å². The van der Waals surface area contributed by atoms with E-state index in [1.54, 1.807) is 0 Å². The average Bonchev–Trinajstić information content (AvgIpc) is 1.84. The summed E-state index contributed by atoms with van der Waals surface area (Å²) in [4.78, 5) is 0. The summed E-state index contributed by atoms with van der Waals surface area (Å²) >= 11 is 0. The third kappa shape index (κ3) is 24.6. The number of hydrogen-bond donors (Lipinski definition) is 2. The molecule has 0 aromatic carbocycles. The minimum atomic E-state index is -4.40. The van der Waals surface area contributed by atoms with E-state index in [1.807, 2.05) is 0 Å². The lowest BCUT2D eigenvalue weighted by Crippen LogP contribution is -2.12. The lowest BCUT2D eigenvalue weighted by Gasteiger charge is -1.99. The molecule has 0 radical (unpaired) electrons. The average molecular weight is 214 g/mol. The van der Waals surface area contributed by atoms with E-state index in [0.717, 1.165) is 0 Å². The van der Waals surface area contributed by atoms with Crippen LogP contribution in [0.25, 0.3) is 0 Å². The first-order chi connectivity index (χ1) is 5.62. The number of rotatable bonds is 1. The van der Waals surface area contributed by atoms with Gasteiger partial charge in [0.2, 0.25) is 0 Å². The molecule has 8 heteroatoms. The second kappa shape index (κ2) is 6.03. The normalized spacial score (nSPS) is 12.0. The zero-order chi connectivity index (χ0) is 11.1. The van der Waals surface area contributed by atoms with E-state index in [1.165, 1.54) is 0 Å². The SMILES string of the molecule is OCC(F)(F)F.OCCC(F)(F)F. The molecule has 2 nitrogen and oxygen atoms in total. The summed E-state index contributed by atoms with van der Waals surface area (Å²) in [6.45, 7) is -2.55. The summed E-state index contributed by atoms with van der Waals surface area (Å²) in [5, 5.41) is 15.0. The highest BCUT2D eigenvalue weighted by molar-refractivity contribution is 4.45. The zero-order valence-corrected chi connectivity index (χ0v) is 6.28. The quantitative estimate of drug-likeness (QED) is 0.649. The van der Waals surface area contributed by atoms with Crippen LogP contribution in [0.15, 0.2) is 0 Å². The second-order valence-corrected chi connectivity index (χ2v) is 1.86. The summed E-state index contributed by atoms with van der Waals surface area (Å²) in [5.74, 6) is 0. The second-order valence-electron chi connectivity index (χ2n) is 1.86. The Balaban J connectivity index is 0. The van der Waals surface area contributed by atoms with Crippen molar-refractivity contribution in [2.45, 2.75) is 18.8 Å². The molecule has 0 aliphatic heterocycles. The van der Waals surface area contributed by atoms with Crippen LogP contribution in [-0.4, -0.2) is 35.8 Å². The summed E-state index contributed by atoms with van der Waals surface area (Å²) in [5.41, 5.74) is 0. The van der Waals surface area contributed by atoms with Crippen LogP contribution in [0.4, 0.5) is 26.3 Å². The summed E-state index contributed by atoms with van der Waals surface area (Å²) in [6.07, 6.45) is -9.71. The van der Waals surface area contributed by atoms with Crippen molar-refractivity contribution in [2.75, 3.05) is 13.2 Å². The molecule has 0 saturated carbocycles. The Hall–Kier alpha value is -0.500. The Morgan fingerprint density at radius 2 is 1.08 bits per heavy atom. The van der Waals surface area contributed by atoms with Crippen LogP contribution in [0.1, 0.15) is 6.42 Å². The minimum Gasteiger partial charge on any atom is -0.396 e. The number of halogens is 6. The van der Waals surface area contributed by atoms with E-state index in [4.69, 9.17) is 10.2 Å². The fourth-order valence-corrected chi connectivity index (χ4v) is 0.127. The van der Waals surface area contributed by atoms with Crippen LogP contribution in [0.3, 0.4) is 0 Å². The van der Waals surface area contributed by atoms with Crippen molar-refractivity contribution in [3.63, 3.8) is 0 Å². The number of hydrogen-bond acceptors (Lipinski definition) is 2. The highest BCUT2D eigenvalue weighted by atomic mass is 19.4. The Bertz CT molecular complexity index is 117. The lowest BCUT2D eigenvalue weighted by atomic mass is 10.5. The van der Waals surface area contributed by atoms with Gasteiger partial charge in [0.15, 0.2) is 0 Å².